The SMILES string of the molecule is CC(C)(C)C(=O)OCn1cnc2c(ncn2[C@H]2CNC[C@@H](COP(=O)(Cl)N3CCOCC3)O2)c1=O. The first-order chi connectivity index (χ1) is 16.6. The molecule has 0 bridgehead atoms. The number of halogens is 1. The summed E-state index contributed by atoms with van der Waals surface area (Å²) in [5.41, 5.74) is -0.669. The van der Waals surface area contributed by atoms with Gasteiger partial charge in [-0.15, -0.1) is 0 Å². The molecule has 4 rings (SSSR count). The van der Waals surface area contributed by atoms with Crippen molar-refractivity contribution in [3.63, 3.8) is 0 Å². The van der Waals surface area contributed by atoms with Crippen LogP contribution in [0.3, 0.4) is 0 Å². The van der Waals surface area contributed by atoms with Crippen molar-refractivity contribution >= 4 is 35.2 Å². The van der Waals surface area contributed by atoms with Crippen LogP contribution in [0, 0.1) is 5.41 Å². The molecule has 2 aromatic rings. The number of rotatable bonds is 7. The van der Waals surface area contributed by atoms with Crippen molar-refractivity contribution in [1.29, 1.82) is 0 Å². The lowest BCUT2D eigenvalue weighted by atomic mass is 9.98. The number of nitrogens with zero attached hydrogens (tertiary/aromatic N) is 5. The van der Waals surface area contributed by atoms with E-state index in [2.05, 4.69) is 15.3 Å². The van der Waals surface area contributed by atoms with Crippen LogP contribution in [0.15, 0.2) is 17.4 Å². The summed E-state index contributed by atoms with van der Waals surface area (Å²) in [4.78, 5) is 33.4. The molecule has 0 saturated carbocycles. The summed E-state index contributed by atoms with van der Waals surface area (Å²) in [6.07, 6.45) is 1.82. The zero-order chi connectivity index (χ0) is 25.2. The molecule has 1 unspecified atom stereocenters. The minimum absolute atomic E-state index is 0.0215. The first-order valence-corrected chi connectivity index (χ1v) is 13.8. The average Bonchev–Trinajstić information content (AvgIpc) is 3.27. The van der Waals surface area contributed by atoms with Crippen LogP contribution >= 0.6 is 18.1 Å². The van der Waals surface area contributed by atoms with Crippen LogP contribution in [0.1, 0.15) is 27.0 Å². The highest BCUT2D eigenvalue weighted by atomic mass is 35.7. The van der Waals surface area contributed by atoms with Gasteiger partial charge < -0.3 is 24.1 Å². The van der Waals surface area contributed by atoms with E-state index in [0.29, 0.717) is 45.0 Å². The quantitative estimate of drug-likeness (QED) is 0.408. The zero-order valence-electron chi connectivity index (χ0n) is 19.9. The number of ether oxygens (including phenoxy) is 3. The summed E-state index contributed by atoms with van der Waals surface area (Å²) in [6.45, 7) is 4.16. The standard InChI is InChI=1S/C20H30ClN6O7P/c1-20(2,3)19(29)32-13-25-11-24-17-16(18(25)28)23-12-27(17)15-9-22-8-14(34-15)10-33-35(21,30)26-4-6-31-7-5-26/h11-12,14-15,22H,4-10,13H2,1-3H3/t14-,15+,35?/m0/s1. The van der Waals surface area contributed by atoms with E-state index >= 15 is 0 Å². The van der Waals surface area contributed by atoms with Gasteiger partial charge in [-0.05, 0) is 32.0 Å². The van der Waals surface area contributed by atoms with Gasteiger partial charge in [-0.2, -0.15) is 0 Å². The summed E-state index contributed by atoms with van der Waals surface area (Å²) in [6, 6.07) is 0. The lowest BCUT2D eigenvalue weighted by molar-refractivity contribution is -0.157. The van der Waals surface area contributed by atoms with Crippen molar-refractivity contribution in [2.45, 2.75) is 39.8 Å². The zero-order valence-corrected chi connectivity index (χ0v) is 21.5. The summed E-state index contributed by atoms with van der Waals surface area (Å²) in [5, 5.41) is 3.24. The molecule has 2 saturated heterocycles. The molecule has 2 fully saturated rings. The Morgan fingerprint density at radius 1 is 1.26 bits per heavy atom. The predicted octanol–water partition coefficient (Wildman–Crippen LogP) is 1.32. The Hall–Kier alpha value is -1.86. The molecule has 2 aromatic heterocycles. The molecule has 0 aromatic carbocycles. The van der Waals surface area contributed by atoms with Gasteiger partial charge in [0.05, 0.1) is 37.7 Å². The van der Waals surface area contributed by atoms with E-state index in [9.17, 15) is 14.2 Å². The monoisotopic (exact) mass is 532 g/mol. The van der Waals surface area contributed by atoms with Gasteiger partial charge in [0.1, 0.15) is 12.6 Å². The molecular weight excluding hydrogens is 503 g/mol. The van der Waals surface area contributed by atoms with E-state index in [1.165, 1.54) is 17.2 Å². The molecule has 4 heterocycles. The second kappa shape index (κ2) is 10.6. The van der Waals surface area contributed by atoms with Crippen LogP contribution < -0.4 is 10.9 Å². The maximum atomic E-state index is 12.8. The number of imidazole rings is 1. The molecule has 0 radical (unpaired) electrons. The van der Waals surface area contributed by atoms with Crippen molar-refractivity contribution in [3.8, 4) is 0 Å². The van der Waals surface area contributed by atoms with Gasteiger partial charge in [0.15, 0.2) is 17.9 Å². The van der Waals surface area contributed by atoms with Crippen molar-refractivity contribution in [2.24, 2.45) is 5.41 Å². The highest BCUT2D eigenvalue weighted by Crippen LogP contribution is 2.56. The van der Waals surface area contributed by atoms with Crippen LogP contribution in [0.2, 0.25) is 0 Å². The number of aromatic nitrogens is 4. The lowest BCUT2D eigenvalue weighted by Gasteiger charge is -2.33. The van der Waals surface area contributed by atoms with E-state index in [-0.39, 0.29) is 18.9 Å². The van der Waals surface area contributed by atoms with Gasteiger partial charge in [0.2, 0.25) is 0 Å². The fourth-order valence-electron chi connectivity index (χ4n) is 3.59. The Labute approximate surface area is 206 Å². The van der Waals surface area contributed by atoms with E-state index < -0.39 is 36.1 Å². The third kappa shape index (κ3) is 6.11. The summed E-state index contributed by atoms with van der Waals surface area (Å²) in [7, 11) is 0. The maximum Gasteiger partial charge on any atom is 0.363 e. The van der Waals surface area contributed by atoms with Crippen LogP contribution in [0.5, 0.6) is 0 Å². The molecule has 2 aliphatic rings. The van der Waals surface area contributed by atoms with Crippen molar-refractivity contribution in [3.05, 3.63) is 23.0 Å². The topological polar surface area (TPSA) is 139 Å². The van der Waals surface area contributed by atoms with Crippen LogP contribution in [-0.2, 0) is 34.8 Å². The third-order valence-electron chi connectivity index (χ3n) is 5.59. The number of esters is 1. The van der Waals surface area contributed by atoms with E-state index in [1.807, 2.05) is 0 Å². The number of fused-ring (bicyclic) bond motifs is 1. The third-order valence-corrected chi connectivity index (χ3v) is 8.07. The lowest BCUT2D eigenvalue weighted by Crippen LogP contribution is -2.44. The molecule has 2 aliphatic heterocycles. The van der Waals surface area contributed by atoms with Gasteiger partial charge in [-0.3, -0.25) is 23.3 Å². The fourth-order valence-corrected chi connectivity index (χ4v) is 5.37. The van der Waals surface area contributed by atoms with Crippen molar-refractivity contribution in [2.75, 3.05) is 46.0 Å². The van der Waals surface area contributed by atoms with Crippen molar-refractivity contribution < 1.29 is 28.1 Å². The predicted molar refractivity (Wildman–Crippen MR) is 126 cm³/mol. The van der Waals surface area contributed by atoms with Gasteiger partial charge in [0, 0.05) is 26.2 Å². The Bertz CT molecular complexity index is 1160. The highest BCUT2D eigenvalue weighted by molar-refractivity contribution is 7.83. The number of nitrogens with one attached hydrogen (secondary N) is 1. The van der Waals surface area contributed by atoms with Crippen molar-refractivity contribution in [1.82, 2.24) is 29.1 Å². The minimum Gasteiger partial charge on any atom is -0.443 e. The van der Waals surface area contributed by atoms with Crippen LogP contribution in [0.25, 0.3) is 11.2 Å². The molecular formula is C20H30ClN6O7P. The molecule has 15 heteroatoms. The minimum atomic E-state index is -3.48. The molecule has 0 amide bonds. The molecule has 3 atom stereocenters. The molecule has 1 N–H and O–H groups in total. The molecule has 194 valence electrons. The van der Waals surface area contributed by atoms with Crippen LogP contribution in [0.4, 0.5) is 0 Å². The van der Waals surface area contributed by atoms with Gasteiger partial charge in [0.25, 0.3) is 5.56 Å². The second-order valence-corrected chi connectivity index (χ2v) is 12.3. The summed E-state index contributed by atoms with van der Waals surface area (Å²) in [5.74, 6) is -0.430. The normalized spacial score (nSPS) is 23.8. The van der Waals surface area contributed by atoms with Gasteiger partial charge in [-0.25, -0.2) is 14.6 Å². The largest absolute Gasteiger partial charge is 0.443 e. The van der Waals surface area contributed by atoms with Gasteiger partial charge >= 0.3 is 12.8 Å². The number of carbonyl (C=O) groups excluding carboxylic acids is 1. The first kappa shape index (κ1) is 26.2. The highest BCUT2D eigenvalue weighted by Gasteiger charge is 2.34. The summed E-state index contributed by atoms with van der Waals surface area (Å²) < 4.78 is 39.3. The van der Waals surface area contributed by atoms with Gasteiger partial charge in [-0.1, -0.05) is 0 Å². The van der Waals surface area contributed by atoms with E-state index in [4.69, 9.17) is 30.0 Å². The maximum absolute atomic E-state index is 12.8. The second-order valence-electron chi connectivity index (χ2n) is 9.34. The Morgan fingerprint density at radius 2 is 2.00 bits per heavy atom. The molecule has 0 aliphatic carbocycles. The number of hydrogen-bond donors (Lipinski definition) is 1. The number of morpholine rings is 2. The Kier molecular flexibility index (Phi) is 7.96. The average molecular weight is 533 g/mol. The molecule has 0 spiro atoms. The van der Waals surface area contributed by atoms with Crippen LogP contribution in [-0.4, -0.2) is 81.8 Å². The summed E-state index contributed by atoms with van der Waals surface area (Å²) >= 11 is 6.18. The Morgan fingerprint density at radius 3 is 2.71 bits per heavy atom. The smallest absolute Gasteiger partial charge is 0.363 e. The number of hydrogen-bond acceptors (Lipinski definition) is 10. The van der Waals surface area contributed by atoms with E-state index in [0.717, 1.165) is 0 Å². The molecule has 13 nitrogen and oxygen atoms in total. The first-order valence-electron chi connectivity index (χ1n) is 11.3. The van der Waals surface area contributed by atoms with E-state index in [1.54, 1.807) is 30.0 Å². The molecule has 35 heavy (non-hydrogen) atoms. The Balaban J connectivity index is 1.41. The number of carbonyl (C=O) groups is 1. The fraction of sp³-hybridized carbons (Fsp3) is 0.700.